The van der Waals surface area contributed by atoms with Gasteiger partial charge in [0.1, 0.15) is 0 Å². The molecule has 4 nitrogen and oxygen atoms in total. The van der Waals surface area contributed by atoms with Crippen LogP contribution in [0.2, 0.25) is 0 Å². The molecule has 25 heavy (non-hydrogen) atoms. The summed E-state index contributed by atoms with van der Waals surface area (Å²) in [5.41, 5.74) is 4.07. The molecular formula is C20H22N2O2S. The number of hydrogen-bond acceptors (Lipinski definition) is 3. The lowest BCUT2D eigenvalue weighted by atomic mass is 10.1. The van der Waals surface area contributed by atoms with Gasteiger partial charge in [-0.15, -0.1) is 11.8 Å². The molecule has 1 aliphatic heterocycles. The monoisotopic (exact) mass is 354 g/mol. The van der Waals surface area contributed by atoms with Gasteiger partial charge in [-0.2, -0.15) is 0 Å². The average Bonchev–Trinajstić information content (AvgIpc) is 3.04. The molecule has 1 unspecified atom stereocenters. The van der Waals surface area contributed by atoms with Gasteiger partial charge in [-0.1, -0.05) is 30.3 Å². The lowest BCUT2D eigenvalue weighted by molar-refractivity contribution is -0.116. The zero-order valence-corrected chi connectivity index (χ0v) is 15.3. The maximum absolute atomic E-state index is 12.4. The number of thioether (sulfide) groups is 1. The predicted molar refractivity (Wildman–Crippen MR) is 104 cm³/mol. The zero-order valence-electron chi connectivity index (χ0n) is 14.5. The van der Waals surface area contributed by atoms with Gasteiger partial charge in [0.2, 0.25) is 11.8 Å². The molecule has 0 saturated heterocycles. The van der Waals surface area contributed by atoms with E-state index < -0.39 is 0 Å². The van der Waals surface area contributed by atoms with Crippen LogP contribution in [0.4, 0.5) is 11.4 Å². The Balaban J connectivity index is 1.58. The number of fused-ring (bicyclic) bond motifs is 1. The van der Waals surface area contributed by atoms with Gasteiger partial charge in [0.15, 0.2) is 0 Å². The molecule has 3 rings (SSSR count). The SMILES string of the molecule is CC(=O)N1CCc2cc(NC(=O)C(C)SCc3ccccc3)ccc21. The molecule has 130 valence electrons. The van der Waals surface area contributed by atoms with Crippen molar-refractivity contribution in [3.05, 3.63) is 59.7 Å². The van der Waals surface area contributed by atoms with Crippen molar-refractivity contribution in [2.45, 2.75) is 31.3 Å². The molecule has 1 aliphatic rings. The third-order valence-corrected chi connectivity index (χ3v) is 5.55. The van der Waals surface area contributed by atoms with Crippen LogP contribution >= 0.6 is 11.8 Å². The van der Waals surface area contributed by atoms with Gasteiger partial charge >= 0.3 is 0 Å². The molecule has 0 aromatic heterocycles. The fourth-order valence-corrected chi connectivity index (χ4v) is 3.77. The van der Waals surface area contributed by atoms with Gasteiger partial charge in [-0.25, -0.2) is 0 Å². The molecule has 1 N–H and O–H groups in total. The van der Waals surface area contributed by atoms with Crippen molar-refractivity contribution in [1.82, 2.24) is 0 Å². The Bertz CT molecular complexity index is 777. The lowest BCUT2D eigenvalue weighted by Crippen LogP contribution is -2.25. The highest BCUT2D eigenvalue weighted by molar-refractivity contribution is 7.99. The largest absolute Gasteiger partial charge is 0.325 e. The highest BCUT2D eigenvalue weighted by Gasteiger charge is 2.22. The van der Waals surface area contributed by atoms with Gasteiger partial charge in [-0.05, 0) is 42.7 Å². The second kappa shape index (κ2) is 7.74. The standard InChI is InChI=1S/C20H22N2O2S/c1-14(25-13-16-6-4-3-5-7-16)20(24)21-18-8-9-19-17(12-18)10-11-22(19)15(2)23/h3-9,12,14H,10-11,13H2,1-2H3,(H,21,24). The molecule has 0 radical (unpaired) electrons. The molecule has 1 heterocycles. The highest BCUT2D eigenvalue weighted by atomic mass is 32.2. The van der Waals surface area contributed by atoms with Crippen molar-refractivity contribution in [1.29, 1.82) is 0 Å². The summed E-state index contributed by atoms with van der Waals surface area (Å²) in [4.78, 5) is 25.8. The molecule has 2 aromatic carbocycles. The summed E-state index contributed by atoms with van der Waals surface area (Å²) in [5, 5.41) is 2.85. The summed E-state index contributed by atoms with van der Waals surface area (Å²) in [7, 11) is 0. The lowest BCUT2D eigenvalue weighted by Gasteiger charge is -2.16. The molecule has 2 aromatic rings. The third-order valence-electron chi connectivity index (χ3n) is 4.33. The predicted octanol–water partition coefficient (Wildman–Crippen LogP) is 3.86. The van der Waals surface area contributed by atoms with E-state index in [-0.39, 0.29) is 17.1 Å². The normalized spacial score (nSPS) is 14.1. The highest BCUT2D eigenvalue weighted by Crippen LogP contribution is 2.30. The summed E-state index contributed by atoms with van der Waals surface area (Å²) in [6.45, 7) is 4.22. The molecule has 1 atom stereocenters. The van der Waals surface area contributed by atoms with E-state index >= 15 is 0 Å². The van der Waals surface area contributed by atoms with E-state index in [2.05, 4.69) is 17.4 Å². The van der Waals surface area contributed by atoms with Crippen LogP contribution in [0.3, 0.4) is 0 Å². The van der Waals surface area contributed by atoms with Crippen LogP contribution in [0.15, 0.2) is 48.5 Å². The van der Waals surface area contributed by atoms with Gasteiger partial charge < -0.3 is 10.2 Å². The molecule has 0 spiro atoms. The minimum atomic E-state index is -0.137. The molecule has 0 aliphatic carbocycles. The van der Waals surface area contributed by atoms with Crippen LogP contribution in [-0.4, -0.2) is 23.6 Å². The first-order valence-corrected chi connectivity index (χ1v) is 9.47. The number of nitrogens with zero attached hydrogens (tertiary/aromatic N) is 1. The summed E-state index contributed by atoms with van der Waals surface area (Å²) in [5.74, 6) is 0.872. The molecule has 5 heteroatoms. The summed E-state index contributed by atoms with van der Waals surface area (Å²) >= 11 is 1.62. The number of anilines is 2. The Hall–Kier alpha value is -2.27. The minimum Gasteiger partial charge on any atom is -0.325 e. The second-order valence-electron chi connectivity index (χ2n) is 6.19. The van der Waals surface area contributed by atoms with Crippen molar-refractivity contribution in [3.8, 4) is 0 Å². The quantitative estimate of drug-likeness (QED) is 0.887. The number of nitrogens with one attached hydrogen (secondary N) is 1. The van der Waals surface area contributed by atoms with Gasteiger partial charge in [-0.3, -0.25) is 9.59 Å². The van der Waals surface area contributed by atoms with Crippen LogP contribution in [0, 0.1) is 0 Å². The fraction of sp³-hybridized carbons (Fsp3) is 0.300. The Morgan fingerprint density at radius 3 is 2.68 bits per heavy atom. The molecule has 0 saturated carbocycles. The summed E-state index contributed by atoms with van der Waals surface area (Å²) in [6.07, 6.45) is 0.830. The molecular weight excluding hydrogens is 332 g/mol. The van der Waals surface area contributed by atoms with E-state index in [1.165, 1.54) is 5.56 Å². The van der Waals surface area contributed by atoms with E-state index in [0.29, 0.717) is 6.54 Å². The number of amides is 2. The maximum atomic E-state index is 12.4. The Morgan fingerprint density at radius 2 is 1.96 bits per heavy atom. The maximum Gasteiger partial charge on any atom is 0.237 e. The number of carbonyl (C=O) groups is 2. The minimum absolute atomic E-state index is 0.00213. The van der Waals surface area contributed by atoms with Crippen LogP contribution in [0.1, 0.15) is 25.0 Å². The van der Waals surface area contributed by atoms with E-state index in [0.717, 1.165) is 29.1 Å². The van der Waals surface area contributed by atoms with Crippen molar-refractivity contribution in [2.24, 2.45) is 0 Å². The molecule has 2 amide bonds. The van der Waals surface area contributed by atoms with E-state index in [1.807, 2.05) is 43.3 Å². The Labute approximate surface area is 152 Å². The van der Waals surface area contributed by atoms with E-state index in [9.17, 15) is 9.59 Å². The summed E-state index contributed by atoms with van der Waals surface area (Å²) < 4.78 is 0. The number of benzene rings is 2. The summed E-state index contributed by atoms with van der Waals surface area (Å²) in [6, 6.07) is 15.9. The van der Waals surface area contributed by atoms with Crippen molar-refractivity contribution >= 4 is 35.0 Å². The van der Waals surface area contributed by atoms with Gasteiger partial charge in [0.05, 0.1) is 5.25 Å². The fourth-order valence-electron chi connectivity index (χ4n) is 2.92. The first-order valence-electron chi connectivity index (χ1n) is 8.42. The van der Waals surface area contributed by atoms with Crippen molar-refractivity contribution in [3.63, 3.8) is 0 Å². The Kier molecular flexibility index (Phi) is 5.43. The molecule has 0 fully saturated rings. The number of hydrogen-bond donors (Lipinski definition) is 1. The van der Waals surface area contributed by atoms with Crippen LogP contribution in [-0.2, 0) is 21.8 Å². The topological polar surface area (TPSA) is 49.4 Å². The number of rotatable bonds is 5. The van der Waals surface area contributed by atoms with Crippen LogP contribution in [0.5, 0.6) is 0 Å². The van der Waals surface area contributed by atoms with Crippen molar-refractivity contribution < 1.29 is 9.59 Å². The first kappa shape index (κ1) is 17.5. The zero-order chi connectivity index (χ0) is 17.8. The van der Waals surface area contributed by atoms with Crippen LogP contribution in [0.25, 0.3) is 0 Å². The first-order chi connectivity index (χ1) is 12.0. The van der Waals surface area contributed by atoms with E-state index in [4.69, 9.17) is 0 Å². The number of carbonyl (C=O) groups excluding carboxylic acids is 2. The van der Waals surface area contributed by atoms with Crippen molar-refractivity contribution in [2.75, 3.05) is 16.8 Å². The van der Waals surface area contributed by atoms with E-state index in [1.54, 1.807) is 23.6 Å². The molecule has 0 bridgehead atoms. The van der Waals surface area contributed by atoms with Crippen LogP contribution < -0.4 is 10.2 Å². The van der Waals surface area contributed by atoms with Gasteiger partial charge in [0.25, 0.3) is 0 Å². The Morgan fingerprint density at radius 1 is 1.20 bits per heavy atom. The third kappa shape index (κ3) is 4.23. The smallest absolute Gasteiger partial charge is 0.237 e. The van der Waals surface area contributed by atoms with Gasteiger partial charge in [0, 0.05) is 30.6 Å². The average molecular weight is 354 g/mol. The second-order valence-corrected chi connectivity index (χ2v) is 7.52.